The van der Waals surface area contributed by atoms with Crippen molar-refractivity contribution in [3.63, 3.8) is 0 Å². The van der Waals surface area contributed by atoms with Crippen molar-refractivity contribution in [2.75, 3.05) is 6.61 Å². The highest BCUT2D eigenvalue weighted by atomic mass is 35.5. The molecule has 1 aliphatic rings. The van der Waals surface area contributed by atoms with E-state index in [9.17, 15) is 9.90 Å². The van der Waals surface area contributed by atoms with Crippen LogP contribution < -0.4 is 0 Å². The third kappa shape index (κ3) is 2.53. The zero-order chi connectivity index (χ0) is 13.3. The molecule has 0 bridgehead atoms. The standard InChI is InChI=1S/C12H12Cl2O4/c13-8-3-1-7(2-4-8)11(17)12(14)5-9(16)10(6-15)18-12/h1-4,9-10,15-16H,5-6H2/t9-,10+,12+/m0/s1. The Morgan fingerprint density at radius 3 is 2.56 bits per heavy atom. The van der Waals surface area contributed by atoms with Gasteiger partial charge in [0.1, 0.15) is 6.10 Å². The fraction of sp³-hybridized carbons (Fsp3) is 0.417. The number of aliphatic hydroxyl groups is 2. The van der Waals surface area contributed by atoms with Crippen molar-refractivity contribution < 1.29 is 19.7 Å². The van der Waals surface area contributed by atoms with Gasteiger partial charge in [-0.2, -0.15) is 0 Å². The zero-order valence-corrected chi connectivity index (χ0v) is 10.9. The summed E-state index contributed by atoms with van der Waals surface area (Å²) >= 11 is 11.8. The molecule has 0 radical (unpaired) electrons. The van der Waals surface area contributed by atoms with E-state index >= 15 is 0 Å². The average Bonchev–Trinajstić information content (AvgIpc) is 2.65. The predicted molar refractivity (Wildman–Crippen MR) is 66.9 cm³/mol. The summed E-state index contributed by atoms with van der Waals surface area (Å²) in [5.41, 5.74) is 0.347. The highest BCUT2D eigenvalue weighted by Gasteiger charge is 2.49. The number of ketones is 1. The lowest BCUT2D eigenvalue weighted by molar-refractivity contribution is -0.0281. The first-order valence-corrected chi connectivity index (χ1v) is 6.18. The number of hydrogen-bond acceptors (Lipinski definition) is 4. The van der Waals surface area contributed by atoms with Crippen LogP contribution in [-0.4, -0.2) is 39.9 Å². The van der Waals surface area contributed by atoms with Crippen LogP contribution in [-0.2, 0) is 4.74 Å². The molecule has 0 unspecified atom stereocenters. The zero-order valence-electron chi connectivity index (χ0n) is 9.35. The fourth-order valence-corrected chi connectivity index (χ4v) is 2.40. The first kappa shape index (κ1) is 13.8. The number of halogens is 2. The van der Waals surface area contributed by atoms with E-state index in [-0.39, 0.29) is 13.0 Å². The Morgan fingerprint density at radius 1 is 1.44 bits per heavy atom. The third-order valence-corrected chi connectivity index (χ3v) is 3.53. The molecule has 2 N–H and O–H groups in total. The Kier molecular flexibility index (Phi) is 3.94. The first-order valence-electron chi connectivity index (χ1n) is 5.42. The quantitative estimate of drug-likeness (QED) is 0.655. The Balaban J connectivity index is 2.21. The van der Waals surface area contributed by atoms with Gasteiger partial charge in [-0.15, -0.1) is 0 Å². The Hall–Kier alpha value is -0.650. The second-order valence-electron chi connectivity index (χ2n) is 4.17. The van der Waals surface area contributed by atoms with Crippen molar-refractivity contribution in [1.29, 1.82) is 0 Å². The summed E-state index contributed by atoms with van der Waals surface area (Å²) in [4.78, 5) is 12.2. The molecule has 1 aliphatic heterocycles. The van der Waals surface area contributed by atoms with E-state index < -0.39 is 23.1 Å². The van der Waals surface area contributed by atoms with Crippen LogP contribution in [0.4, 0.5) is 0 Å². The van der Waals surface area contributed by atoms with Gasteiger partial charge in [-0.05, 0) is 24.3 Å². The lowest BCUT2D eigenvalue weighted by Crippen LogP contribution is -2.33. The molecular formula is C12H12Cl2O4. The minimum absolute atomic E-state index is 0.0543. The Bertz CT molecular complexity index is 448. The maximum absolute atomic E-state index is 12.2. The smallest absolute Gasteiger partial charge is 0.210 e. The molecule has 1 fully saturated rings. The summed E-state index contributed by atoms with van der Waals surface area (Å²) in [6.07, 6.45) is -1.84. The van der Waals surface area contributed by atoms with E-state index in [0.717, 1.165) is 0 Å². The van der Waals surface area contributed by atoms with Gasteiger partial charge >= 0.3 is 0 Å². The number of Topliss-reactive ketones (excluding diaryl/α,β-unsaturated/α-hetero) is 1. The number of aliphatic hydroxyl groups excluding tert-OH is 2. The van der Waals surface area contributed by atoms with E-state index in [4.69, 9.17) is 33.0 Å². The minimum Gasteiger partial charge on any atom is -0.394 e. The number of ether oxygens (including phenoxy) is 1. The average molecular weight is 291 g/mol. The summed E-state index contributed by atoms with van der Waals surface area (Å²) in [7, 11) is 0. The van der Waals surface area contributed by atoms with Gasteiger partial charge in [0.15, 0.2) is 0 Å². The minimum atomic E-state index is -1.62. The summed E-state index contributed by atoms with van der Waals surface area (Å²) < 4.78 is 5.24. The van der Waals surface area contributed by atoms with Crippen molar-refractivity contribution in [2.24, 2.45) is 0 Å². The van der Waals surface area contributed by atoms with Crippen LogP contribution in [0.25, 0.3) is 0 Å². The van der Waals surface area contributed by atoms with Gasteiger partial charge in [-0.3, -0.25) is 4.79 Å². The van der Waals surface area contributed by atoms with Gasteiger partial charge in [0, 0.05) is 17.0 Å². The van der Waals surface area contributed by atoms with E-state index in [1.54, 1.807) is 12.1 Å². The highest BCUT2D eigenvalue weighted by Crippen LogP contribution is 2.37. The summed E-state index contributed by atoms with van der Waals surface area (Å²) in [5, 5.41) is 17.5. The monoisotopic (exact) mass is 290 g/mol. The maximum atomic E-state index is 12.2. The molecule has 0 spiro atoms. The molecule has 1 aromatic rings. The number of alkyl halides is 1. The molecule has 1 aromatic carbocycles. The topological polar surface area (TPSA) is 66.8 Å². The molecule has 1 saturated heterocycles. The molecular weight excluding hydrogens is 279 g/mol. The second kappa shape index (κ2) is 5.15. The van der Waals surface area contributed by atoms with Crippen molar-refractivity contribution in [1.82, 2.24) is 0 Å². The lowest BCUT2D eigenvalue weighted by atomic mass is 10.0. The van der Waals surface area contributed by atoms with Crippen LogP contribution in [0.5, 0.6) is 0 Å². The Labute approximate surface area is 114 Å². The number of benzene rings is 1. The van der Waals surface area contributed by atoms with Crippen LogP contribution in [0.3, 0.4) is 0 Å². The van der Waals surface area contributed by atoms with Gasteiger partial charge < -0.3 is 14.9 Å². The van der Waals surface area contributed by atoms with Gasteiger partial charge in [0.25, 0.3) is 0 Å². The molecule has 1 heterocycles. The number of carbonyl (C=O) groups excluding carboxylic acids is 1. The van der Waals surface area contributed by atoms with Crippen LogP contribution in [0.15, 0.2) is 24.3 Å². The molecule has 98 valence electrons. The van der Waals surface area contributed by atoms with Crippen molar-refractivity contribution in [3.8, 4) is 0 Å². The third-order valence-electron chi connectivity index (χ3n) is 2.86. The molecule has 0 saturated carbocycles. The normalized spacial score (nSPS) is 31.6. The van der Waals surface area contributed by atoms with Gasteiger partial charge in [0.2, 0.25) is 10.8 Å². The van der Waals surface area contributed by atoms with E-state index in [2.05, 4.69) is 0 Å². The first-order chi connectivity index (χ1) is 8.46. The summed E-state index contributed by atoms with van der Waals surface area (Å²) in [6.45, 7) is -0.385. The number of carbonyl (C=O) groups is 1. The van der Waals surface area contributed by atoms with E-state index in [1.807, 2.05) is 0 Å². The number of hydrogen-bond donors (Lipinski definition) is 2. The molecule has 18 heavy (non-hydrogen) atoms. The lowest BCUT2D eigenvalue weighted by Gasteiger charge is -2.19. The van der Waals surface area contributed by atoms with Crippen molar-refractivity contribution in [2.45, 2.75) is 23.7 Å². The molecule has 4 nitrogen and oxygen atoms in total. The summed E-state index contributed by atoms with van der Waals surface area (Å²) in [6, 6.07) is 6.22. The second-order valence-corrected chi connectivity index (χ2v) is 5.22. The van der Waals surface area contributed by atoms with Crippen molar-refractivity contribution >= 4 is 29.0 Å². The molecule has 3 atom stereocenters. The fourth-order valence-electron chi connectivity index (χ4n) is 1.89. The molecule has 6 heteroatoms. The SMILES string of the molecule is O=C(c1ccc(Cl)cc1)[C@@]1(Cl)C[C@H](O)[C@@H](CO)O1. The maximum Gasteiger partial charge on any atom is 0.210 e. The predicted octanol–water partition coefficient (Wildman–Crippen LogP) is 1.60. The van der Waals surface area contributed by atoms with Crippen LogP contribution >= 0.6 is 23.2 Å². The molecule has 0 aliphatic carbocycles. The molecule has 0 aromatic heterocycles. The molecule has 2 rings (SSSR count). The number of rotatable bonds is 3. The largest absolute Gasteiger partial charge is 0.394 e. The van der Waals surface area contributed by atoms with Gasteiger partial charge in [-0.1, -0.05) is 23.2 Å². The van der Waals surface area contributed by atoms with Crippen LogP contribution in [0.1, 0.15) is 16.8 Å². The van der Waals surface area contributed by atoms with Gasteiger partial charge in [0.05, 0.1) is 12.7 Å². The van der Waals surface area contributed by atoms with Crippen LogP contribution in [0.2, 0.25) is 5.02 Å². The van der Waals surface area contributed by atoms with Crippen molar-refractivity contribution in [3.05, 3.63) is 34.9 Å². The van der Waals surface area contributed by atoms with E-state index in [0.29, 0.717) is 10.6 Å². The molecule has 0 amide bonds. The van der Waals surface area contributed by atoms with Gasteiger partial charge in [-0.25, -0.2) is 0 Å². The highest BCUT2D eigenvalue weighted by molar-refractivity contribution is 6.37. The Morgan fingerprint density at radius 2 is 2.06 bits per heavy atom. The van der Waals surface area contributed by atoms with E-state index in [1.165, 1.54) is 12.1 Å². The summed E-state index contributed by atoms with van der Waals surface area (Å²) in [5.74, 6) is -0.448. The van der Waals surface area contributed by atoms with Crippen LogP contribution in [0, 0.1) is 0 Å².